The number of carboxylic acids is 1. The quantitative estimate of drug-likeness (QED) is 0.161. The van der Waals surface area contributed by atoms with Gasteiger partial charge in [0.05, 0.1) is 38.7 Å². The third-order valence-electron chi connectivity index (χ3n) is 5.93. The van der Waals surface area contributed by atoms with E-state index >= 15 is 0 Å². The molecule has 5 rings (SSSR count). The second-order valence-corrected chi connectivity index (χ2v) is 11.3. The van der Waals surface area contributed by atoms with Gasteiger partial charge in [0.15, 0.2) is 5.82 Å². The molecule has 0 spiro atoms. The molecule has 0 radical (unpaired) electrons. The molecule has 3 aromatic carbocycles. The number of aromatic carboxylic acids is 1. The molecule has 0 aliphatic carbocycles. The summed E-state index contributed by atoms with van der Waals surface area (Å²) < 4.78 is 12.6. The molecule has 11 heteroatoms. The Morgan fingerprint density at radius 3 is 2.49 bits per heavy atom. The number of carboxylic acid groups (broad SMARTS) is 1. The first-order chi connectivity index (χ1) is 18.9. The predicted molar refractivity (Wildman–Crippen MR) is 155 cm³/mol. The van der Waals surface area contributed by atoms with E-state index in [-0.39, 0.29) is 11.5 Å². The molecule has 0 aliphatic rings. The van der Waals surface area contributed by atoms with Gasteiger partial charge in [-0.25, -0.2) is 4.79 Å². The van der Waals surface area contributed by atoms with Gasteiger partial charge in [0.1, 0.15) is 5.75 Å². The molecular weight excluding hydrogens is 556 g/mol. The number of nitrogens with zero attached hydrogens (tertiary/aromatic N) is 2. The maximum absolute atomic E-state index is 12.6. The number of hydrogen-bond acceptors (Lipinski definition) is 7. The molecule has 0 aliphatic heterocycles. The summed E-state index contributed by atoms with van der Waals surface area (Å²) in [6.07, 6.45) is 0. The van der Waals surface area contributed by atoms with Gasteiger partial charge in [-0.15, -0.1) is 11.3 Å². The van der Waals surface area contributed by atoms with Crippen LogP contribution >= 0.6 is 34.9 Å². The van der Waals surface area contributed by atoms with Crippen LogP contribution in [0.25, 0.3) is 10.9 Å². The Hall–Kier alpha value is -3.99. The van der Waals surface area contributed by atoms with Crippen LogP contribution in [0.4, 0.5) is 5.82 Å². The Morgan fingerprint density at radius 1 is 1.03 bits per heavy atom. The summed E-state index contributed by atoms with van der Waals surface area (Å²) in [5.41, 5.74) is 3.40. The SMILES string of the molecule is COc1cccc2c1c(NSc1ccc(Cl)s1)nn2Cc1cccc(CNC(=O)c2ccc(C(=O)O)cc2)c1. The molecular formula is C28H23ClN4O4S2. The molecule has 0 saturated carbocycles. The number of thiophene rings is 1. The second-order valence-electron chi connectivity index (χ2n) is 8.51. The highest BCUT2D eigenvalue weighted by molar-refractivity contribution is 8.02. The Morgan fingerprint density at radius 2 is 1.77 bits per heavy atom. The normalized spacial score (nSPS) is 10.9. The number of benzene rings is 3. The molecule has 3 N–H and O–H groups in total. The first-order valence-electron chi connectivity index (χ1n) is 11.8. The molecule has 0 saturated heterocycles. The Kier molecular flexibility index (Phi) is 8.06. The number of rotatable bonds is 10. The van der Waals surface area contributed by atoms with Crippen molar-refractivity contribution in [1.29, 1.82) is 0 Å². The van der Waals surface area contributed by atoms with Crippen molar-refractivity contribution in [3.63, 3.8) is 0 Å². The second kappa shape index (κ2) is 11.8. The highest BCUT2D eigenvalue weighted by atomic mass is 35.5. The Balaban J connectivity index is 1.32. The fourth-order valence-corrected chi connectivity index (χ4v) is 6.02. The van der Waals surface area contributed by atoms with Crippen molar-refractivity contribution in [1.82, 2.24) is 15.1 Å². The van der Waals surface area contributed by atoms with Crippen LogP contribution in [0.3, 0.4) is 0 Å². The largest absolute Gasteiger partial charge is 0.496 e. The number of aromatic nitrogens is 2. The molecule has 1 amide bonds. The van der Waals surface area contributed by atoms with Crippen molar-refractivity contribution in [2.45, 2.75) is 17.3 Å². The standard InChI is InChI=1S/C28H23ClN4O4S2/c1-37-22-7-3-6-21-25(22)26(32-39-24-13-12-23(29)38-24)31-33(21)16-18-5-2-4-17(14-18)15-30-27(34)19-8-10-20(11-9-19)28(35)36/h2-14H,15-16H2,1H3,(H,30,34)(H,31,32)(H,35,36). The number of fused-ring (bicyclic) bond motifs is 1. The number of hydrogen-bond donors (Lipinski definition) is 3. The highest BCUT2D eigenvalue weighted by Gasteiger charge is 2.16. The number of anilines is 1. The number of halogens is 1. The van der Waals surface area contributed by atoms with Crippen LogP contribution < -0.4 is 14.8 Å². The zero-order valence-corrected chi connectivity index (χ0v) is 23.1. The summed E-state index contributed by atoms with van der Waals surface area (Å²) in [4.78, 5) is 23.6. The number of ether oxygens (including phenoxy) is 1. The highest BCUT2D eigenvalue weighted by Crippen LogP contribution is 2.36. The molecule has 2 aromatic heterocycles. The molecule has 0 fully saturated rings. The average molecular weight is 579 g/mol. The first-order valence-corrected chi connectivity index (χ1v) is 13.8. The van der Waals surface area contributed by atoms with E-state index in [1.165, 1.54) is 47.6 Å². The molecule has 8 nitrogen and oxygen atoms in total. The molecule has 0 bridgehead atoms. The van der Waals surface area contributed by atoms with Gasteiger partial charge in [0.25, 0.3) is 5.91 Å². The van der Waals surface area contributed by atoms with Crippen molar-refractivity contribution >= 4 is 63.5 Å². The lowest BCUT2D eigenvalue weighted by Gasteiger charge is -2.09. The zero-order chi connectivity index (χ0) is 27.4. The van der Waals surface area contributed by atoms with Gasteiger partial charge in [-0.3, -0.25) is 9.48 Å². The Labute approximate surface area is 237 Å². The van der Waals surface area contributed by atoms with Crippen LogP contribution in [-0.2, 0) is 13.1 Å². The van der Waals surface area contributed by atoms with E-state index in [4.69, 9.17) is 26.5 Å². The summed E-state index contributed by atoms with van der Waals surface area (Å²) in [6.45, 7) is 0.840. The minimum absolute atomic E-state index is 0.135. The van der Waals surface area contributed by atoms with Crippen LogP contribution in [0.1, 0.15) is 31.8 Å². The molecule has 5 aromatic rings. The lowest BCUT2D eigenvalue weighted by Crippen LogP contribution is -2.22. The van der Waals surface area contributed by atoms with Crippen molar-refractivity contribution in [2.75, 3.05) is 11.8 Å². The summed E-state index contributed by atoms with van der Waals surface area (Å²) in [5, 5.41) is 17.7. The van der Waals surface area contributed by atoms with Crippen LogP contribution in [0.15, 0.2) is 83.1 Å². The smallest absolute Gasteiger partial charge is 0.335 e. The molecule has 0 atom stereocenters. The van der Waals surface area contributed by atoms with Gasteiger partial charge in [-0.05, 0) is 71.6 Å². The van der Waals surface area contributed by atoms with Crippen molar-refractivity contribution in [3.8, 4) is 5.75 Å². The lowest BCUT2D eigenvalue weighted by molar-refractivity contribution is 0.0696. The lowest BCUT2D eigenvalue weighted by atomic mass is 10.1. The van der Waals surface area contributed by atoms with E-state index < -0.39 is 5.97 Å². The molecule has 0 unspecified atom stereocenters. The number of amides is 1. The fourth-order valence-electron chi connectivity index (χ4n) is 4.07. The molecule has 2 heterocycles. The van der Waals surface area contributed by atoms with E-state index in [9.17, 15) is 9.59 Å². The fraction of sp³-hybridized carbons (Fsp3) is 0.107. The van der Waals surface area contributed by atoms with Crippen molar-refractivity contribution < 1.29 is 19.4 Å². The summed E-state index contributed by atoms with van der Waals surface area (Å²) in [6, 6.07) is 23.4. The third-order valence-corrected chi connectivity index (χ3v) is 8.09. The van der Waals surface area contributed by atoms with Crippen LogP contribution in [0, 0.1) is 0 Å². The number of methoxy groups -OCH3 is 1. The van der Waals surface area contributed by atoms with Gasteiger partial charge in [0, 0.05) is 12.1 Å². The van der Waals surface area contributed by atoms with Crippen LogP contribution in [-0.4, -0.2) is 33.9 Å². The van der Waals surface area contributed by atoms with Gasteiger partial charge < -0.3 is 19.9 Å². The monoisotopic (exact) mass is 578 g/mol. The number of carbonyl (C=O) groups excluding carboxylic acids is 1. The van der Waals surface area contributed by atoms with Crippen LogP contribution in [0.2, 0.25) is 4.34 Å². The van der Waals surface area contributed by atoms with E-state index in [1.807, 2.05) is 59.3 Å². The predicted octanol–water partition coefficient (Wildman–Crippen LogP) is 6.56. The van der Waals surface area contributed by atoms with Gasteiger partial charge >= 0.3 is 5.97 Å². The maximum Gasteiger partial charge on any atom is 0.335 e. The van der Waals surface area contributed by atoms with E-state index in [0.29, 0.717) is 24.5 Å². The third kappa shape index (κ3) is 6.19. The summed E-state index contributed by atoms with van der Waals surface area (Å²) in [7, 11) is 1.64. The summed E-state index contributed by atoms with van der Waals surface area (Å²) in [5.74, 6) is 0.104. The topological polar surface area (TPSA) is 105 Å². The van der Waals surface area contributed by atoms with E-state index in [2.05, 4.69) is 10.0 Å². The zero-order valence-electron chi connectivity index (χ0n) is 20.7. The van der Waals surface area contributed by atoms with Crippen molar-refractivity contribution in [2.24, 2.45) is 0 Å². The van der Waals surface area contributed by atoms with Crippen LogP contribution in [0.5, 0.6) is 5.75 Å². The number of nitrogens with one attached hydrogen (secondary N) is 2. The van der Waals surface area contributed by atoms with Gasteiger partial charge in [0.2, 0.25) is 0 Å². The minimum atomic E-state index is -1.03. The van der Waals surface area contributed by atoms with E-state index in [0.717, 1.165) is 36.3 Å². The Bertz CT molecular complexity index is 1650. The first kappa shape index (κ1) is 26.6. The van der Waals surface area contributed by atoms with E-state index in [1.54, 1.807) is 7.11 Å². The number of carbonyl (C=O) groups is 2. The summed E-state index contributed by atoms with van der Waals surface area (Å²) >= 11 is 9.00. The van der Waals surface area contributed by atoms with Gasteiger partial charge in [-0.1, -0.05) is 41.9 Å². The van der Waals surface area contributed by atoms with Crippen molar-refractivity contribution in [3.05, 3.63) is 105 Å². The molecule has 39 heavy (non-hydrogen) atoms. The minimum Gasteiger partial charge on any atom is -0.496 e. The maximum atomic E-state index is 12.6. The molecule has 198 valence electrons. The van der Waals surface area contributed by atoms with Gasteiger partial charge in [-0.2, -0.15) is 5.10 Å². The average Bonchev–Trinajstić information content (AvgIpc) is 3.53.